The first kappa shape index (κ1) is 18.1. The van der Waals surface area contributed by atoms with Gasteiger partial charge in [0, 0.05) is 37.6 Å². The normalized spacial score (nSPS) is 14.1. The van der Waals surface area contributed by atoms with Crippen molar-refractivity contribution in [1.82, 2.24) is 10.3 Å². The number of anilines is 2. The van der Waals surface area contributed by atoms with Gasteiger partial charge in [-0.15, -0.1) is 0 Å². The molecule has 3 N–H and O–H groups in total. The number of allylic oxidation sites excluding steroid dienone is 1. The lowest BCUT2D eigenvalue weighted by Crippen LogP contribution is -2.28. The van der Waals surface area contributed by atoms with Gasteiger partial charge in [-0.1, -0.05) is 30.4 Å². The summed E-state index contributed by atoms with van der Waals surface area (Å²) in [6.07, 6.45) is 3.97. The van der Waals surface area contributed by atoms with E-state index in [0.29, 0.717) is 23.5 Å². The molecule has 0 saturated carbocycles. The SMILES string of the molecule is CNc1cc(CNC2=C(C(=S)Nc3ccccc3)C(=O)CCC2)ccn1. The molecule has 0 atom stereocenters. The number of hydrogen-bond acceptors (Lipinski definition) is 5. The highest BCUT2D eigenvalue weighted by molar-refractivity contribution is 7.81. The molecule has 0 bridgehead atoms. The molecule has 1 aromatic heterocycles. The molecule has 26 heavy (non-hydrogen) atoms. The number of benzene rings is 1. The molecule has 1 aliphatic carbocycles. The highest BCUT2D eigenvalue weighted by atomic mass is 32.1. The summed E-state index contributed by atoms with van der Waals surface area (Å²) in [5.74, 6) is 0.914. The topological polar surface area (TPSA) is 66.0 Å². The van der Waals surface area contributed by atoms with Gasteiger partial charge in [0.25, 0.3) is 0 Å². The second-order valence-electron chi connectivity index (χ2n) is 6.10. The zero-order valence-corrected chi connectivity index (χ0v) is 15.5. The number of nitrogens with one attached hydrogen (secondary N) is 3. The Hall–Kier alpha value is -2.73. The van der Waals surface area contributed by atoms with E-state index in [2.05, 4.69) is 20.9 Å². The Labute approximate surface area is 158 Å². The lowest BCUT2D eigenvalue weighted by molar-refractivity contribution is -0.115. The van der Waals surface area contributed by atoms with Crippen molar-refractivity contribution in [3.8, 4) is 0 Å². The average Bonchev–Trinajstić information content (AvgIpc) is 2.67. The van der Waals surface area contributed by atoms with Crippen LogP contribution in [0.5, 0.6) is 0 Å². The highest BCUT2D eigenvalue weighted by Gasteiger charge is 2.24. The minimum Gasteiger partial charge on any atom is -0.384 e. The van der Waals surface area contributed by atoms with Crippen LogP contribution >= 0.6 is 12.2 Å². The van der Waals surface area contributed by atoms with Crippen molar-refractivity contribution in [2.45, 2.75) is 25.8 Å². The molecule has 134 valence electrons. The number of carbonyl (C=O) groups excluding carboxylic acids is 1. The van der Waals surface area contributed by atoms with E-state index in [-0.39, 0.29) is 5.78 Å². The molecule has 0 radical (unpaired) electrons. The first-order valence-corrected chi connectivity index (χ1v) is 9.07. The Morgan fingerprint density at radius 1 is 1.19 bits per heavy atom. The Bertz CT molecular complexity index is 833. The fourth-order valence-electron chi connectivity index (χ4n) is 2.93. The summed E-state index contributed by atoms with van der Waals surface area (Å²) in [4.78, 5) is 17.2. The fraction of sp³-hybridized carbons (Fsp3) is 0.250. The number of carbonyl (C=O) groups is 1. The molecule has 0 aliphatic heterocycles. The molecular formula is C20H22N4OS. The quantitative estimate of drug-likeness (QED) is 0.678. The third kappa shape index (κ3) is 4.46. The van der Waals surface area contributed by atoms with Gasteiger partial charge in [-0.25, -0.2) is 4.98 Å². The van der Waals surface area contributed by atoms with Crippen LogP contribution in [-0.2, 0) is 11.3 Å². The summed E-state index contributed by atoms with van der Waals surface area (Å²) in [6.45, 7) is 0.622. The summed E-state index contributed by atoms with van der Waals surface area (Å²) < 4.78 is 0. The third-order valence-electron chi connectivity index (χ3n) is 4.26. The van der Waals surface area contributed by atoms with E-state index >= 15 is 0 Å². The molecule has 0 spiro atoms. The number of ketones is 1. The van der Waals surface area contributed by atoms with E-state index in [0.717, 1.165) is 35.6 Å². The smallest absolute Gasteiger partial charge is 0.167 e. The predicted molar refractivity (Wildman–Crippen MR) is 109 cm³/mol. The maximum atomic E-state index is 12.5. The average molecular weight is 366 g/mol. The molecule has 2 aromatic rings. The van der Waals surface area contributed by atoms with Crippen molar-refractivity contribution >= 4 is 34.5 Å². The van der Waals surface area contributed by atoms with Gasteiger partial charge in [-0.3, -0.25) is 4.79 Å². The zero-order valence-electron chi connectivity index (χ0n) is 14.7. The van der Waals surface area contributed by atoms with E-state index in [4.69, 9.17) is 12.2 Å². The largest absolute Gasteiger partial charge is 0.384 e. The summed E-state index contributed by atoms with van der Waals surface area (Å²) in [5, 5.41) is 9.62. The van der Waals surface area contributed by atoms with E-state index in [1.807, 2.05) is 49.5 Å². The van der Waals surface area contributed by atoms with E-state index in [1.54, 1.807) is 6.20 Å². The Morgan fingerprint density at radius 3 is 2.77 bits per heavy atom. The van der Waals surface area contributed by atoms with Crippen LogP contribution in [0.1, 0.15) is 24.8 Å². The summed E-state index contributed by atoms with van der Waals surface area (Å²) >= 11 is 5.53. The van der Waals surface area contributed by atoms with E-state index < -0.39 is 0 Å². The molecule has 1 aliphatic rings. The van der Waals surface area contributed by atoms with Gasteiger partial charge in [-0.2, -0.15) is 0 Å². The van der Waals surface area contributed by atoms with Gasteiger partial charge in [0.2, 0.25) is 0 Å². The highest BCUT2D eigenvalue weighted by Crippen LogP contribution is 2.23. The number of aromatic nitrogens is 1. The van der Waals surface area contributed by atoms with E-state index in [9.17, 15) is 4.79 Å². The molecule has 0 amide bonds. The summed E-state index contributed by atoms with van der Waals surface area (Å²) in [5.41, 5.74) is 3.50. The number of hydrogen-bond donors (Lipinski definition) is 3. The minimum atomic E-state index is 0.0952. The molecule has 3 rings (SSSR count). The molecule has 1 aromatic carbocycles. The van der Waals surface area contributed by atoms with Crippen molar-refractivity contribution in [2.24, 2.45) is 0 Å². The number of thiocarbonyl (C=S) groups is 1. The standard InChI is InChI=1S/C20H22N4OS/c1-21-18-12-14(10-11-22-18)13-23-16-8-5-9-17(25)19(16)20(26)24-15-6-3-2-4-7-15/h2-4,6-7,10-12,23H,5,8-9,13H2,1H3,(H,21,22)(H,24,26). The minimum absolute atomic E-state index is 0.0952. The number of Topliss-reactive ketones (excluding diaryl/α,β-unsaturated/α-hetero) is 1. The predicted octanol–water partition coefficient (Wildman–Crippen LogP) is 3.66. The van der Waals surface area contributed by atoms with Gasteiger partial charge >= 0.3 is 0 Å². The van der Waals surface area contributed by atoms with Crippen LogP contribution in [0.3, 0.4) is 0 Å². The number of nitrogens with zero attached hydrogens (tertiary/aromatic N) is 1. The van der Waals surface area contributed by atoms with Gasteiger partial charge in [0.1, 0.15) is 10.8 Å². The van der Waals surface area contributed by atoms with Gasteiger partial charge in [0.05, 0.1) is 5.57 Å². The first-order valence-electron chi connectivity index (χ1n) is 8.66. The molecule has 6 heteroatoms. The van der Waals surface area contributed by atoms with E-state index in [1.165, 1.54) is 0 Å². The number of rotatable bonds is 6. The van der Waals surface area contributed by atoms with Gasteiger partial charge in [0.15, 0.2) is 5.78 Å². The second kappa shape index (κ2) is 8.58. The van der Waals surface area contributed by atoms with Crippen LogP contribution in [0, 0.1) is 0 Å². The van der Waals surface area contributed by atoms with Crippen LogP contribution in [0.4, 0.5) is 11.5 Å². The molecule has 5 nitrogen and oxygen atoms in total. The maximum absolute atomic E-state index is 12.5. The first-order chi connectivity index (χ1) is 12.7. The lowest BCUT2D eigenvalue weighted by Gasteiger charge is -2.22. The Balaban J connectivity index is 1.77. The molecule has 0 saturated heterocycles. The monoisotopic (exact) mass is 366 g/mol. The zero-order chi connectivity index (χ0) is 18.4. The molecule has 0 fully saturated rings. The van der Waals surface area contributed by atoms with Crippen molar-refractivity contribution in [3.05, 3.63) is 65.5 Å². The van der Waals surface area contributed by atoms with Crippen LogP contribution in [0.2, 0.25) is 0 Å². The van der Waals surface area contributed by atoms with Gasteiger partial charge in [-0.05, 0) is 42.7 Å². The lowest BCUT2D eigenvalue weighted by atomic mass is 9.94. The fourth-order valence-corrected chi connectivity index (χ4v) is 3.28. The Kier molecular flexibility index (Phi) is 5.96. The van der Waals surface area contributed by atoms with Crippen LogP contribution in [0.15, 0.2) is 59.9 Å². The van der Waals surface area contributed by atoms with Crippen molar-refractivity contribution < 1.29 is 4.79 Å². The van der Waals surface area contributed by atoms with Crippen LogP contribution in [-0.4, -0.2) is 22.8 Å². The molecule has 0 unspecified atom stereocenters. The van der Waals surface area contributed by atoms with Gasteiger partial charge < -0.3 is 16.0 Å². The van der Waals surface area contributed by atoms with Crippen LogP contribution in [0.25, 0.3) is 0 Å². The summed E-state index contributed by atoms with van der Waals surface area (Å²) in [7, 11) is 1.84. The van der Waals surface area contributed by atoms with Crippen molar-refractivity contribution in [1.29, 1.82) is 0 Å². The molecular weight excluding hydrogens is 344 g/mol. The van der Waals surface area contributed by atoms with Crippen molar-refractivity contribution in [3.63, 3.8) is 0 Å². The van der Waals surface area contributed by atoms with Crippen molar-refractivity contribution in [2.75, 3.05) is 17.7 Å². The van der Waals surface area contributed by atoms with Crippen LogP contribution < -0.4 is 16.0 Å². The molecule has 1 heterocycles. The number of pyridine rings is 1. The third-order valence-corrected chi connectivity index (χ3v) is 4.56. The maximum Gasteiger partial charge on any atom is 0.167 e. The number of para-hydroxylation sites is 1. The Morgan fingerprint density at radius 2 is 2.00 bits per heavy atom. The second-order valence-corrected chi connectivity index (χ2v) is 6.51. The summed E-state index contributed by atoms with van der Waals surface area (Å²) in [6, 6.07) is 13.6.